The summed E-state index contributed by atoms with van der Waals surface area (Å²) in [5, 5.41) is 0. The predicted octanol–water partition coefficient (Wildman–Crippen LogP) is 2.55. The molecule has 0 amide bonds. The maximum absolute atomic E-state index is 6.12. The van der Waals surface area contributed by atoms with Crippen LogP contribution in [0.3, 0.4) is 0 Å². The summed E-state index contributed by atoms with van der Waals surface area (Å²) in [7, 11) is 0. The first-order chi connectivity index (χ1) is 8.30. The SMILES string of the molecule is I.NC(=NCC1(C2CC2)CCC1)N1CCSCC1. The first kappa shape index (κ1) is 14.8. The van der Waals surface area contributed by atoms with E-state index in [0.717, 1.165) is 31.5 Å². The van der Waals surface area contributed by atoms with Crippen LogP contribution in [0.1, 0.15) is 32.1 Å². The van der Waals surface area contributed by atoms with Gasteiger partial charge in [0.25, 0.3) is 0 Å². The van der Waals surface area contributed by atoms with Crippen molar-refractivity contribution < 1.29 is 0 Å². The Morgan fingerprint density at radius 2 is 1.94 bits per heavy atom. The minimum Gasteiger partial charge on any atom is -0.370 e. The maximum atomic E-state index is 6.12. The van der Waals surface area contributed by atoms with Crippen molar-refractivity contribution in [3.63, 3.8) is 0 Å². The number of hydrogen-bond acceptors (Lipinski definition) is 2. The van der Waals surface area contributed by atoms with Crippen molar-refractivity contribution in [1.29, 1.82) is 0 Å². The Kier molecular flexibility index (Phi) is 5.08. The van der Waals surface area contributed by atoms with Crippen LogP contribution in [0.25, 0.3) is 0 Å². The van der Waals surface area contributed by atoms with Crippen molar-refractivity contribution in [2.75, 3.05) is 31.1 Å². The lowest BCUT2D eigenvalue weighted by Gasteiger charge is -2.41. The largest absolute Gasteiger partial charge is 0.370 e. The van der Waals surface area contributed by atoms with E-state index in [1.54, 1.807) is 0 Å². The first-order valence-electron chi connectivity index (χ1n) is 6.93. The smallest absolute Gasteiger partial charge is 0.191 e. The van der Waals surface area contributed by atoms with Crippen LogP contribution in [-0.2, 0) is 0 Å². The molecular formula is C13H24IN3S. The second-order valence-corrected chi connectivity index (χ2v) is 6.99. The molecule has 3 nitrogen and oxygen atoms in total. The molecule has 3 fully saturated rings. The molecule has 1 heterocycles. The van der Waals surface area contributed by atoms with Gasteiger partial charge in [-0.15, -0.1) is 24.0 Å². The molecule has 18 heavy (non-hydrogen) atoms. The van der Waals surface area contributed by atoms with E-state index in [1.807, 2.05) is 11.8 Å². The molecule has 3 rings (SSSR count). The third-order valence-electron chi connectivity index (χ3n) is 4.68. The van der Waals surface area contributed by atoms with Gasteiger partial charge in [-0.25, -0.2) is 0 Å². The third-order valence-corrected chi connectivity index (χ3v) is 5.63. The molecule has 2 saturated carbocycles. The highest BCUT2D eigenvalue weighted by atomic mass is 127. The van der Waals surface area contributed by atoms with Crippen LogP contribution >= 0.6 is 35.7 Å². The van der Waals surface area contributed by atoms with Crippen LogP contribution in [0.15, 0.2) is 4.99 Å². The zero-order valence-electron chi connectivity index (χ0n) is 10.9. The molecule has 0 aromatic rings. The number of guanidine groups is 1. The summed E-state index contributed by atoms with van der Waals surface area (Å²) in [6, 6.07) is 0. The second-order valence-electron chi connectivity index (χ2n) is 5.76. The minimum absolute atomic E-state index is 0. The Hall–Kier alpha value is 0.350. The van der Waals surface area contributed by atoms with Crippen LogP contribution in [0.2, 0.25) is 0 Å². The van der Waals surface area contributed by atoms with Crippen molar-refractivity contribution in [3.8, 4) is 0 Å². The summed E-state index contributed by atoms with van der Waals surface area (Å²) in [6.45, 7) is 3.15. The van der Waals surface area contributed by atoms with Crippen LogP contribution < -0.4 is 5.73 Å². The number of nitrogens with two attached hydrogens (primary N) is 1. The van der Waals surface area contributed by atoms with Gasteiger partial charge >= 0.3 is 0 Å². The van der Waals surface area contributed by atoms with Crippen molar-refractivity contribution in [2.45, 2.75) is 32.1 Å². The molecule has 1 aliphatic heterocycles. The topological polar surface area (TPSA) is 41.6 Å². The average Bonchev–Trinajstić information content (AvgIpc) is 3.13. The Balaban J connectivity index is 0.00000120. The van der Waals surface area contributed by atoms with Gasteiger partial charge in [-0.05, 0) is 37.0 Å². The standard InChI is InChI=1S/C13H23N3S.HI/c14-12(16-6-8-17-9-7-16)15-10-13(4-1-5-13)11-2-3-11;/h11H,1-10H2,(H2,14,15);1H. The van der Waals surface area contributed by atoms with Gasteiger partial charge in [-0.2, -0.15) is 11.8 Å². The number of aliphatic imine (C=N–C) groups is 1. The van der Waals surface area contributed by atoms with Gasteiger partial charge in [0.1, 0.15) is 0 Å². The molecule has 104 valence electrons. The Labute approximate surface area is 131 Å². The Morgan fingerprint density at radius 1 is 1.28 bits per heavy atom. The number of halogens is 1. The highest BCUT2D eigenvalue weighted by Gasteiger charge is 2.48. The highest BCUT2D eigenvalue weighted by molar-refractivity contribution is 14.0. The van der Waals surface area contributed by atoms with Gasteiger partial charge in [0.05, 0.1) is 0 Å². The van der Waals surface area contributed by atoms with Crippen LogP contribution in [-0.4, -0.2) is 42.0 Å². The summed E-state index contributed by atoms with van der Waals surface area (Å²) in [6.07, 6.45) is 7.08. The molecule has 2 aliphatic carbocycles. The first-order valence-corrected chi connectivity index (χ1v) is 8.08. The van der Waals surface area contributed by atoms with E-state index in [-0.39, 0.29) is 24.0 Å². The molecule has 0 aromatic heterocycles. The lowest BCUT2D eigenvalue weighted by atomic mass is 9.65. The summed E-state index contributed by atoms with van der Waals surface area (Å²) in [5.41, 5.74) is 6.69. The summed E-state index contributed by atoms with van der Waals surface area (Å²) in [5.74, 6) is 4.18. The minimum atomic E-state index is 0. The maximum Gasteiger partial charge on any atom is 0.191 e. The third kappa shape index (κ3) is 3.08. The Bertz CT molecular complexity index is 307. The number of thioether (sulfide) groups is 1. The van der Waals surface area contributed by atoms with Gasteiger partial charge < -0.3 is 10.6 Å². The fraction of sp³-hybridized carbons (Fsp3) is 0.923. The normalized spacial score (nSPS) is 27.3. The van der Waals surface area contributed by atoms with E-state index in [9.17, 15) is 0 Å². The van der Waals surface area contributed by atoms with E-state index in [4.69, 9.17) is 10.7 Å². The predicted molar refractivity (Wildman–Crippen MR) is 89.8 cm³/mol. The van der Waals surface area contributed by atoms with Gasteiger partial charge in [0.15, 0.2) is 5.96 Å². The molecular weight excluding hydrogens is 357 g/mol. The number of hydrogen-bond donors (Lipinski definition) is 1. The molecule has 1 saturated heterocycles. The van der Waals surface area contributed by atoms with Crippen molar-refractivity contribution in [2.24, 2.45) is 22.1 Å². The lowest BCUT2D eigenvalue weighted by molar-refractivity contribution is 0.113. The van der Waals surface area contributed by atoms with E-state index < -0.39 is 0 Å². The fourth-order valence-electron chi connectivity index (χ4n) is 3.15. The van der Waals surface area contributed by atoms with Crippen LogP contribution in [0, 0.1) is 11.3 Å². The molecule has 0 atom stereocenters. The monoisotopic (exact) mass is 381 g/mol. The second kappa shape index (κ2) is 6.20. The molecule has 0 bridgehead atoms. The average molecular weight is 381 g/mol. The van der Waals surface area contributed by atoms with E-state index in [1.165, 1.54) is 43.6 Å². The lowest BCUT2D eigenvalue weighted by Crippen LogP contribution is -2.44. The quantitative estimate of drug-likeness (QED) is 0.464. The molecule has 2 N–H and O–H groups in total. The van der Waals surface area contributed by atoms with Crippen LogP contribution in [0.5, 0.6) is 0 Å². The van der Waals surface area contributed by atoms with E-state index in [0.29, 0.717) is 5.41 Å². The van der Waals surface area contributed by atoms with Crippen molar-refractivity contribution in [3.05, 3.63) is 0 Å². The summed E-state index contributed by atoms with van der Waals surface area (Å²) < 4.78 is 0. The van der Waals surface area contributed by atoms with Crippen LogP contribution in [0.4, 0.5) is 0 Å². The molecule has 0 aromatic carbocycles. The number of rotatable bonds is 3. The van der Waals surface area contributed by atoms with Crippen molar-refractivity contribution >= 4 is 41.7 Å². The molecule has 5 heteroatoms. The van der Waals surface area contributed by atoms with E-state index in [2.05, 4.69) is 4.90 Å². The van der Waals surface area contributed by atoms with Gasteiger partial charge in [0, 0.05) is 31.1 Å². The van der Waals surface area contributed by atoms with Gasteiger partial charge in [-0.1, -0.05) is 6.42 Å². The molecule has 3 aliphatic rings. The zero-order chi connectivity index (χ0) is 11.7. The fourth-order valence-corrected chi connectivity index (χ4v) is 4.06. The molecule has 0 radical (unpaired) electrons. The van der Waals surface area contributed by atoms with Crippen molar-refractivity contribution in [1.82, 2.24) is 4.90 Å². The molecule has 0 unspecified atom stereocenters. The zero-order valence-corrected chi connectivity index (χ0v) is 14.1. The number of nitrogens with zero attached hydrogens (tertiary/aromatic N) is 2. The molecule has 0 spiro atoms. The van der Waals surface area contributed by atoms with E-state index >= 15 is 0 Å². The highest BCUT2D eigenvalue weighted by Crippen LogP contribution is 2.57. The summed E-state index contributed by atoms with van der Waals surface area (Å²) >= 11 is 2.02. The van der Waals surface area contributed by atoms with Gasteiger partial charge in [0.2, 0.25) is 0 Å². The Morgan fingerprint density at radius 3 is 2.44 bits per heavy atom. The van der Waals surface area contributed by atoms with Gasteiger partial charge in [-0.3, -0.25) is 4.99 Å². The summed E-state index contributed by atoms with van der Waals surface area (Å²) in [4.78, 5) is 6.97.